The van der Waals surface area contributed by atoms with Crippen LogP contribution in [0.15, 0.2) is 18.2 Å². The second kappa shape index (κ2) is 7.66. The average molecular weight is 277 g/mol. The first kappa shape index (κ1) is 16.2. The topological polar surface area (TPSA) is 49.3 Å². The van der Waals surface area contributed by atoms with Gasteiger partial charge in [-0.25, -0.2) is 4.39 Å². The van der Waals surface area contributed by atoms with E-state index in [1.165, 1.54) is 18.2 Å². The molecule has 4 heteroatoms. The number of halogens is 1. The average Bonchev–Trinajstić information content (AvgIpc) is 2.41. The van der Waals surface area contributed by atoms with E-state index in [0.29, 0.717) is 12.1 Å². The third-order valence-electron chi connectivity index (χ3n) is 3.11. The molecule has 1 atom stereocenters. The van der Waals surface area contributed by atoms with Gasteiger partial charge < -0.3 is 10.4 Å². The van der Waals surface area contributed by atoms with Crippen LogP contribution in [0, 0.1) is 29.5 Å². The molecule has 0 aliphatic carbocycles. The van der Waals surface area contributed by atoms with Crippen LogP contribution in [0.2, 0.25) is 0 Å². The summed E-state index contributed by atoms with van der Waals surface area (Å²) in [7, 11) is 0. The number of rotatable bonds is 4. The Balaban J connectivity index is 2.85. The number of hydrogen-bond donors (Lipinski definition) is 2. The number of amides is 1. The Bertz CT molecular complexity index is 529. The number of benzene rings is 1. The molecule has 0 saturated carbocycles. The first-order valence-electron chi connectivity index (χ1n) is 6.65. The van der Waals surface area contributed by atoms with Crippen LogP contribution in [0.5, 0.6) is 0 Å². The van der Waals surface area contributed by atoms with E-state index in [2.05, 4.69) is 17.2 Å². The van der Waals surface area contributed by atoms with Crippen molar-refractivity contribution in [2.45, 2.75) is 27.2 Å². The minimum atomic E-state index is -0.439. The fourth-order valence-corrected chi connectivity index (χ4v) is 1.47. The van der Waals surface area contributed by atoms with E-state index >= 15 is 0 Å². The molecule has 1 rings (SSSR count). The van der Waals surface area contributed by atoms with Gasteiger partial charge in [-0.3, -0.25) is 4.79 Å². The molecular weight excluding hydrogens is 257 g/mol. The van der Waals surface area contributed by atoms with Gasteiger partial charge in [0.2, 0.25) is 5.91 Å². The molecule has 1 aromatic rings. The van der Waals surface area contributed by atoms with Gasteiger partial charge in [0.05, 0.1) is 12.2 Å². The van der Waals surface area contributed by atoms with E-state index in [-0.39, 0.29) is 29.9 Å². The van der Waals surface area contributed by atoms with Gasteiger partial charge in [-0.15, -0.1) is 0 Å². The molecule has 0 radical (unpaired) electrons. The van der Waals surface area contributed by atoms with Crippen LogP contribution < -0.4 is 5.32 Å². The zero-order chi connectivity index (χ0) is 15.1. The monoisotopic (exact) mass is 277 g/mol. The summed E-state index contributed by atoms with van der Waals surface area (Å²) < 4.78 is 13.5. The fourth-order valence-electron chi connectivity index (χ4n) is 1.47. The predicted molar refractivity (Wildman–Crippen MR) is 77.6 cm³/mol. The third-order valence-corrected chi connectivity index (χ3v) is 3.11. The molecule has 0 aliphatic heterocycles. The van der Waals surface area contributed by atoms with Crippen molar-refractivity contribution in [3.63, 3.8) is 0 Å². The highest BCUT2D eigenvalue weighted by molar-refractivity contribution is 5.92. The molecule has 1 aromatic carbocycles. The van der Waals surface area contributed by atoms with Crippen molar-refractivity contribution in [2.75, 3.05) is 11.9 Å². The SMILES string of the molecule is CC(C)C(C)C(=O)Nc1ccc(F)c(C#CCCO)c1. The molecule has 0 saturated heterocycles. The number of nitrogens with one attached hydrogen (secondary N) is 1. The van der Waals surface area contributed by atoms with Gasteiger partial charge in [-0.05, 0) is 24.1 Å². The Hall–Kier alpha value is -1.86. The van der Waals surface area contributed by atoms with Crippen molar-refractivity contribution in [2.24, 2.45) is 11.8 Å². The molecule has 3 nitrogen and oxygen atoms in total. The van der Waals surface area contributed by atoms with Crippen molar-refractivity contribution in [1.82, 2.24) is 0 Å². The number of carbonyl (C=O) groups excluding carboxylic acids is 1. The summed E-state index contributed by atoms with van der Waals surface area (Å²) >= 11 is 0. The maximum atomic E-state index is 13.5. The summed E-state index contributed by atoms with van der Waals surface area (Å²) in [6.07, 6.45) is 0.292. The Morgan fingerprint density at radius 3 is 2.70 bits per heavy atom. The Morgan fingerprint density at radius 1 is 1.40 bits per heavy atom. The number of hydrogen-bond acceptors (Lipinski definition) is 2. The van der Waals surface area contributed by atoms with E-state index in [4.69, 9.17) is 5.11 Å². The molecule has 0 bridgehead atoms. The number of carbonyl (C=O) groups is 1. The molecule has 0 aromatic heterocycles. The van der Waals surface area contributed by atoms with Gasteiger partial charge >= 0.3 is 0 Å². The summed E-state index contributed by atoms with van der Waals surface area (Å²) in [6.45, 7) is 5.74. The summed E-state index contributed by atoms with van der Waals surface area (Å²) in [5.41, 5.74) is 0.741. The Labute approximate surface area is 119 Å². The van der Waals surface area contributed by atoms with Crippen LogP contribution in [0.25, 0.3) is 0 Å². The highest BCUT2D eigenvalue weighted by atomic mass is 19.1. The molecule has 0 fully saturated rings. The van der Waals surface area contributed by atoms with Crippen molar-refractivity contribution in [3.05, 3.63) is 29.6 Å². The van der Waals surface area contributed by atoms with Crippen molar-refractivity contribution >= 4 is 11.6 Å². The molecule has 0 spiro atoms. The number of aliphatic hydroxyl groups is 1. The van der Waals surface area contributed by atoms with Crippen molar-refractivity contribution < 1.29 is 14.3 Å². The van der Waals surface area contributed by atoms with Gasteiger partial charge in [0.15, 0.2) is 0 Å². The minimum absolute atomic E-state index is 0.0586. The summed E-state index contributed by atoms with van der Waals surface area (Å²) in [4.78, 5) is 11.9. The first-order valence-corrected chi connectivity index (χ1v) is 6.65. The molecular formula is C16H20FNO2. The minimum Gasteiger partial charge on any atom is -0.395 e. The fraction of sp³-hybridized carbons (Fsp3) is 0.438. The Morgan fingerprint density at radius 2 is 2.10 bits per heavy atom. The van der Waals surface area contributed by atoms with E-state index in [1.54, 1.807) is 0 Å². The van der Waals surface area contributed by atoms with Gasteiger partial charge in [-0.2, -0.15) is 0 Å². The maximum absolute atomic E-state index is 13.5. The number of anilines is 1. The molecule has 2 N–H and O–H groups in total. The lowest BCUT2D eigenvalue weighted by Gasteiger charge is -2.15. The normalized spacial score (nSPS) is 11.7. The molecule has 20 heavy (non-hydrogen) atoms. The predicted octanol–water partition coefficient (Wildman–Crippen LogP) is 2.79. The second-order valence-electron chi connectivity index (χ2n) is 4.99. The maximum Gasteiger partial charge on any atom is 0.227 e. The van der Waals surface area contributed by atoms with E-state index in [9.17, 15) is 9.18 Å². The van der Waals surface area contributed by atoms with E-state index in [0.717, 1.165) is 0 Å². The van der Waals surface area contributed by atoms with Crippen LogP contribution in [-0.4, -0.2) is 17.6 Å². The summed E-state index contributed by atoms with van der Waals surface area (Å²) in [6, 6.07) is 4.29. The molecule has 0 heterocycles. The lowest BCUT2D eigenvalue weighted by atomic mass is 9.97. The smallest absolute Gasteiger partial charge is 0.227 e. The third kappa shape index (κ3) is 4.67. The summed E-state index contributed by atoms with van der Waals surface area (Å²) in [5, 5.41) is 11.4. The lowest BCUT2D eigenvalue weighted by Crippen LogP contribution is -2.24. The first-order chi connectivity index (χ1) is 9.45. The van der Waals surface area contributed by atoms with Crippen LogP contribution in [-0.2, 0) is 4.79 Å². The van der Waals surface area contributed by atoms with Crippen LogP contribution in [0.1, 0.15) is 32.8 Å². The van der Waals surface area contributed by atoms with Crippen LogP contribution >= 0.6 is 0 Å². The van der Waals surface area contributed by atoms with Crippen LogP contribution in [0.3, 0.4) is 0 Å². The highest BCUT2D eigenvalue weighted by Crippen LogP contribution is 2.17. The molecule has 1 unspecified atom stereocenters. The van der Waals surface area contributed by atoms with Gasteiger partial charge in [0.25, 0.3) is 0 Å². The van der Waals surface area contributed by atoms with E-state index < -0.39 is 5.82 Å². The van der Waals surface area contributed by atoms with Gasteiger partial charge in [0.1, 0.15) is 5.82 Å². The standard InChI is InChI=1S/C16H20FNO2/c1-11(2)12(3)16(20)18-14-7-8-15(17)13(10-14)6-4-5-9-19/h7-8,10-12,19H,5,9H2,1-3H3,(H,18,20). The Kier molecular flexibility index (Phi) is 6.20. The largest absolute Gasteiger partial charge is 0.395 e. The molecule has 1 amide bonds. The summed E-state index contributed by atoms with van der Waals surface area (Å²) in [5.74, 6) is 4.88. The molecule has 0 aliphatic rings. The molecule has 108 valence electrons. The van der Waals surface area contributed by atoms with E-state index in [1.807, 2.05) is 20.8 Å². The van der Waals surface area contributed by atoms with Crippen molar-refractivity contribution in [1.29, 1.82) is 0 Å². The lowest BCUT2D eigenvalue weighted by molar-refractivity contribution is -0.120. The zero-order valence-electron chi connectivity index (χ0n) is 12.0. The van der Waals surface area contributed by atoms with Crippen LogP contribution in [0.4, 0.5) is 10.1 Å². The number of aliphatic hydroxyl groups excluding tert-OH is 1. The quantitative estimate of drug-likeness (QED) is 0.831. The van der Waals surface area contributed by atoms with Gasteiger partial charge in [0, 0.05) is 18.0 Å². The highest BCUT2D eigenvalue weighted by Gasteiger charge is 2.16. The zero-order valence-corrected chi connectivity index (χ0v) is 12.0. The second-order valence-corrected chi connectivity index (χ2v) is 4.99. The van der Waals surface area contributed by atoms with Crippen molar-refractivity contribution in [3.8, 4) is 11.8 Å². The van der Waals surface area contributed by atoms with Gasteiger partial charge in [-0.1, -0.05) is 32.6 Å².